The van der Waals surface area contributed by atoms with Crippen molar-refractivity contribution in [3.05, 3.63) is 34.3 Å². The van der Waals surface area contributed by atoms with Crippen LogP contribution in [0.2, 0.25) is 0 Å². The summed E-state index contributed by atoms with van der Waals surface area (Å²) >= 11 is 3.44. The van der Waals surface area contributed by atoms with E-state index in [1.54, 1.807) is 0 Å². The molecule has 1 unspecified atom stereocenters. The van der Waals surface area contributed by atoms with Crippen molar-refractivity contribution in [2.75, 3.05) is 26.2 Å². The average molecular weight is 336 g/mol. The Balaban J connectivity index is 2.05. The number of hydrogen-bond donors (Lipinski definition) is 0. The number of rotatable bonds is 3. The van der Waals surface area contributed by atoms with Crippen molar-refractivity contribution in [1.82, 2.24) is 9.80 Å². The molecule has 1 fully saturated rings. The van der Waals surface area contributed by atoms with E-state index in [9.17, 15) is 10.1 Å². The molecule has 0 N–H and O–H groups in total. The van der Waals surface area contributed by atoms with Gasteiger partial charge in [-0.1, -0.05) is 35.0 Å². The van der Waals surface area contributed by atoms with Gasteiger partial charge in [-0.25, -0.2) is 0 Å². The van der Waals surface area contributed by atoms with Crippen molar-refractivity contribution in [3.8, 4) is 6.07 Å². The summed E-state index contributed by atoms with van der Waals surface area (Å²) in [6.45, 7) is 4.79. The molecule has 0 spiro atoms. The Morgan fingerprint density at radius 3 is 2.65 bits per heavy atom. The van der Waals surface area contributed by atoms with Gasteiger partial charge < -0.3 is 4.90 Å². The number of carbonyl (C=O) groups excluding carboxylic acids is 1. The number of piperazine rings is 1. The molecule has 5 heteroatoms. The number of benzene rings is 1. The molecule has 1 aromatic rings. The minimum absolute atomic E-state index is 0.195. The van der Waals surface area contributed by atoms with E-state index in [1.807, 2.05) is 36.1 Å². The minimum atomic E-state index is -0.244. The van der Waals surface area contributed by atoms with Gasteiger partial charge in [0.25, 0.3) is 0 Å². The highest BCUT2D eigenvalue weighted by Gasteiger charge is 2.26. The first-order valence-corrected chi connectivity index (χ1v) is 7.62. The lowest BCUT2D eigenvalue weighted by Gasteiger charge is -2.37. The van der Waals surface area contributed by atoms with Crippen molar-refractivity contribution < 1.29 is 4.79 Å². The van der Waals surface area contributed by atoms with Crippen molar-refractivity contribution in [3.63, 3.8) is 0 Å². The zero-order chi connectivity index (χ0) is 14.5. The summed E-state index contributed by atoms with van der Waals surface area (Å²) in [6, 6.07) is 9.99. The molecule has 20 heavy (non-hydrogen) atoms. The smallest absolute Gasteiger partial charge is 0.222 e. The molecule has 1 aliphatic rings. The molecule has 0 saturated carbocycles. The fourth-order valence-corrected chi connectivity index (χ4v) is 2.91. The summed E-state index contributed by atoms with van der Waals surface area (Å²) in [7, 11) is 0. The number of amides is 1. The van der Waals surface area contributed by atoms with Gasteiger partial charge in [0.05, 0.1) is 6.07 Å². The normalized spacial score (nSPS) is 17.6. The minimum Gasteiger partial charge on any atom is -0.340 e. The van der Waals surface area contributed by atoms with Crippen LogP contribution in [0.1, 0.15) is 24.9 Å². The second-order valence-electron chi connectivity index (χ2n) is 4.86. The van der Waals surface area contributed by atoms with Gasteiger partial charge in [0.15, 0.2) is 0 Å². The lowest BCUT2D eigenvalue weighted by Crippen LogP contribution is -2.49. The van der Waals surface area contributed by atoms with Crippen molar-refractivity contribution >= 4 is 21.8 Å². The highest BCUT2D eigenvalue weighted by Crippen LogP contribution is 2.24. The first kappa shape index (κ1) is 15.0. The number of nitriles is 1. The third-order valence-corrected chi connectivity index (χ3v) is 4.11. The Kier molecular flexibility index (Phi) is 5.16. The van der Waals surface area contributed by atoms with Crippen LogP contribution in [0.4, 0.5) is 0 Å². The summed E-state index contributed by atoms with van der Waals surface area (Å²) in [5.74, 6) is 0.195. The number of hydrogen-bond acceptors (Lipinski definition) is 3. The summed E-state index contributed by atoms with van der Waals surface area (Å²) in [5, 5.41) is 9.46. The zero-order valence-corrected chi connectivity index (χ0v) is 13.1. The van der Waals surface area contributed by atoms with Crippen molar-refractivity contribution in [2.24, 2.45) is 0 Å². The molecule has 1 atom stereocenters. The quantitative estimate of drug-likeness (QED) is 0.852. The summed E-state index contributed by atoms with van der Waals surface area (Å²) in [6.07, 6.45) is 0.549. The Hall–Kier alpha value is -1.38. The zero-order valence-electron chi connectivity index (χ0n) is 11.6. The Morgan fingerprint density at radius 1 is 1.40 bits per heavy atom. The van der Waals surface area contributed by atoms with Crippen LogP contribution in [0.15, 0.2) is 28.7 Å². The first-order valence-electron chi connectivity index (χ1n) is 6.82. The van der Waals surface area contributed by atoms with E-state index in [1.165, 1.54) is 0 Å². The Labute approximate surface area is 128 Å². The van der Waals surface area contributed by atoms with Crippen LogP contribution in [-0.4, -0.2) is 41.9 Å². The monoisotopic (exact) mass is 335 g/mol. The first-order chi connectivity index (χ1) is 9.65. The van der Waals surface area contributed by atoms with Gasteiger partial charge in [0.1, 0.15) is 6.04 Å². The van der Waals surface area contributed by atoms with Gasteiger partial charge in [-0.15, -0.1) is 0 Å². The maximum Gasteiger partial charge on any atom is 0.222 e. The van der Waals surface area contributed by atoms with Gasteiger partial charge in [-0.05, 0) is 17.7 Å². The van der Waals surface area contributed by atoms with Crippen LogP contribution in [0.25, 0.3) is 0 Å². The van der Waals surface area contributed by atoms with E-state index < -0.39 is 0 Å². The molecule has 1 saturated heterocycles. The predicted molar refractivity (Wildman–Crippen MR) is 80.9 cm³/mol. The molecular formula is C15H18BrN3O. The van der Waals surface area contributed by atoms with Gasteiger partial charge in [-0.3, -0.25) is 9.69 Å². The van der Waals surface area contributed by atoms with Crippen LogP contribution in [0.3, 0.4) is 0 Å². The molecule has 2 rings (SSSR count). The lowest BCUT2D eigenvalue weighted by atomic mass is 10.1. The summed E-state index contributed by atoms with van der Waals surface area (Å²) in [4.78, 5) is 15.7. The van der Waals surface area contributed by atoms with Crippen LogP contribution < -0.4 is 0 Å². The SMILES string of the molecule is CCC(=O)N1CCN(C(C#N)c2cccc(Br)c2)CC1. The van der Waals surface area contributed by atoms with E-state index in [-0.39, 0.29) is 11.9 Å². The fourth-order valence-electron chi connectivity index (χ4n) is 2.50. The molecule has 0 aliphatic carbocycles. The molecule has 0 radical (unpaired) electrons. The molecule has 1 heterocycles. The van der Waals surface area contributed by atoms with Crippen molar-refractivity contribution in [1.29, 1.82) is 5.26 Å². The van der Waals surface area contributed by atoms with E-state index in [4.69, 9.17) is 0 Å². The molecule has 0 bridgehead atoms. The third-order valence-electron chi connectivity index (χ3n) is 3.62. The number of halogens is 1. The second kappa shape index (κ2) is 6.87. The standard InChI is InChI=1S/C15H18BrN3O/c1-2-15(20)19-8-6-18(7-9-19)14(11-17)12-4-3-5-13(16)10-12/h3-5,10,14H,2,6-9H2,1H3. The Bertz CT molecular complexity index is 518. The van der Waals surface area contributed by atoms with Gasteiger partial charge in [0.2, 0.25) is 5.91 Å². The Morgan fingerprint density at radius 2 is 2.10 bits per heavy atom. The van der Waals surface area contributed by atoms with Crippen LogP contribution in [-0.2, 0) is 4.79 Å². The number of carbonyl (C=O) groups is 1. The molecule has 1 amide bonds. The van der Waals surface area contributed by atoms with Gasteiger partial charge in [0, 0.05) is 37.1 Å². The van der Waals surface area contributed by atoms with Gasteiger partial charge >= 0.3 is 0 Å². The molecular weight excluding hydrogens is 318 g/mol. The predicted octanol–water partition coefficient (Wildman–Crippen LogP) is 2.57. The van der Waals surface area contributed by atoms with Crippen LogP contribution in [0, 0.1) is 11.3 Å². The molecule has 106 valence electrons. The summed E-state index contributed by atoms with van der Waals surface area (Å²) in [5.41, 5.74) is 0.997. The topological polar surface area (TPSA) is 47.3 Å². The molecule has 4 nitrogen and oxygen atoms in total. The highest BCUT2D eigenvalue weighted by atomic mass is 79.9. The van der Waals surface area contributed by atoms with E-state index >= 15 is 0 Å². The fraction of sp³-hybridized carbons (Fsp3) is 0.467. The molecule has 1 aliphatic heterocycles. The highest BCUT2D eigenvalue weighted by molar-refractivity contribution is 9.10. The lowest BCUT2D eigenvalue weighted by molar-refractivity contribution is -0.132. The number of nitrogens with zero attached hydrogens (tertiary/aromatic N) is 3. The van der Waals surface area contributed by atoms with E-state index in [0.29, 0.717) is 19.5 Å². The average Bonchev–Trinajstić information content (AvgIpc) is 2.48. The van der Waals surface area contributed by atoms with E-state index in [2.05, 4.69) is 26.9 Å². The largest absolute Gasteiger partial charge is 0.340 e. The second-order valence-corrected chi connectivity index (χ2v) is 5.77. The van der Waals surface area contributed by atoms with Crippen LogP contribution in [0.5, 0.6) is 0 Å². The van der Waals surface area contributed by atoms with E-state index in [0.717, 1.165) is 23.1 Å². The maximum absolute atomic E-state index is 11.7. The van der Waals surface area contributed by atoms with Crippen LogP contribution >= 0.6 is 15.9 Å². The van der Waals surface area contributed by atoms with Crippen molar-refractivity contribution in [2.45, 2.75) is 19.4 Å². The maximum atomic E-state index is 11.7. The van der Waals surface area contributed by atoms with Gasteiger partial charge in [-0.2, -0.15) is 5.26 Å². The summed E-state index contributed by atoms with van der Waals surface area (Å²) < 4.78 is 0.982. The molecule has 0 aromatic heterocycles. The molecule has 1 aromatic carbocycles. The third kappa shape index (κ3) is 3.38.